The number of hydrogen-bond acceptors (Lipinski definition) is 3. The van der Waals surface area contributed by atoms with Gasteiger partial charge >= 0.3 is 0 Å². The molecule has 3 nitrogen and oxygen atoms in total. The fourth-order valence-corrected chi connectivity index (χ4v) is 3.61. The minimum atomic E-state index is -0.616. The van der Waals surface area contributed by atoms with Gasteiger partial charge in [-0.3, -0.25) is 4.90 Å². The van der Waals surface area contributed by atoms with Crippen LogP contribution in [0, 0.1) is 0 Å². The molecule has 3 aliphatic rings. The van der Waals surface area contributed by atoms with Crippen LogP contribution < -0.4 is 4.90 Å². The number of aliphatic hydroxyl groups excluding tert-OH is 1. The molecule has 0 saturated carbocycles. The number of fused-ring (bicyclic) bond motifs is 4. The number of allylic oxidation sites excluding steroid dienone is 2. The lowest BCUT2D eigenvalue weighted by Gasteiger charge is -2.28. The molecule has 102 valence electrons. The Morgan fingerprint density at radius 3 is 2.76 bits per heavy atom. The van der Waals surface area contributed by atoms with E-state index in [2.05, 4.69) is 30.4 Å². The summed E-state index contributed by atoms with van der Waals surface area (Å²) in [6, 6.07) is 12.4. The van der Waals surface area contributed by atoms with Crippen LogP contribution in [-0.4, -0.2) is 17.2 Å². The van der Waals surface area contributed by atoms with E-state index in [0.29, 0.717) is 0 Å². The summed E-state index contributed by atoms with van der Waals surface area (Å²) in [7, 11) is 0. The normalized spacial score (nSPS) is 22.4. The highest BCUT2D eigenvalue weighted by Gasteiger charge is 2.40. The van der Waals surface area contributed by atoms with Crippen LogP contribution in [0.25, 0.3) is 10.8 Å². The maximum atomic E-state index is 10.7. The van der Waals surface area contributed by atoms with Gasteiger partial charge in [-0.2, -0.15) is 0 Å². The molecular weight excluding hydrogens is 260 g/mol. The molecular formula is C18H14N2O. The van der Waals surface area contributed by atoms with E-state index in [4.69, 9.17) is 4.99 Å². The van der Waals surface area contributed by atoms with E-state index in [0.717, 1.165) is 52.0 Å². The number of amidine groups is 1. The molecule has 2 aromatic carbocycles. The Hall–Kier alpha value is -2.39. The van der Waals surface area contributed by atoms with E-state index in [9.17, 15) is 5.11 Å². The monoisotopic (exact) mass is 274 g/mol. The highest BCUT2D eigenvalue weighted by molar-refractivity contribution is 6.24. The van der Waals surface area contributed by atoms with Crippen LogP contribution in [0.15, 0.2) is 64.7 Å². The number of hydrogen-bond donors (Lipinski definition) is 1. The largest absolute Gasteiger partial charge is 0.369 e. The average Bonchev–Trinajstić information content (AvgIpc) is 2.82. The standard InChI is InChI=1S/C18H14N2O/c21-18-13-8-2-1-7-12(13)17-19-14-9-3-5-11-6-4-10-15(16(11)14)20(17)18/h3-10,18,21H,1-2H2. The summed E-state index contributed by atoms with van der Waals surface area (Å²) >= 11 is 0. The predicted octanol–water partition coefficient (Wildman–Crippen LogP) is 3.67. The molecule has 2 heterocycles. The Bertz CT molecular complexity index is 871. The number of rotatable bonds is 0. The molecule has 0 radical (unpaired) electrons. The molecule has 3 heteroatoms. The van der Waals surface area contributed by atoms with E-state index in [-0.39, 0.29) is 0 Å². The smallest absolute Gasteiger partial charge is 0.159 e. The first-order valence-corrected chi connectivity index (χ1v) is 7.33. The summed E-state index contributed by atoms with van der Waals surface area (Å²) in [4.78, 5) is 6.80. The second-order valence-corrected chi connectivity index (χ2v) is 5.69. The van der Waals surface area contributed by atoms with E-state index >= 15 is 0 Å². The van der Waals surface area contributed by atoms with Gasteiger partial charge in [0.25, 0.3) is 0 Å². The first-order chi connectivity index (χ1) is 10.3. The van der Waals surface area contributed by atoms with Crippen molar-refractivity contribution in [1.29, 1.82) is 0 Å². The van der Waals surface area contributed by atoms with Gasteiger partial charge < -0.3 is 5.11 Å². The Morgan fingerprint density at radius 2 is 1.86 bits per heavy atom. The number of anilines is 1. The van der Waals surface area contributed by atoms with Crippen molar-refractivity contribution < 1.29 is 5.11 Å². The van der Waals surface area contributed by atoms with E-state index in [1.807, 2.05) is 23.1 Å². The van der Waals surface area contributed by atoms with Crippen molar-refractivity contribution in [2.75, 3.05) is 4.90 Å². The lowest BCUT2D eigenvalue weighted by Crippen LogP contribution is -2.34. The lowest BCUT2D eigenvalue weighted by molar-refractivity contribution is 0.229. The van der Waals surface area contributed by atoms with Crippen molar-refractivity contribution in [3.05, 3.63) is 59.7 Å². The first kappa shape index (κ1) is 11.3. The minimum absolute atomic E-state index is 0.616. The lowest BCUT2D eigenvalue weighted by atomic mass is 9.99. The van der Waals surface area contributed by atoms with Gasteiger partial charge in [0.1, 0.15) is 5.84 Å². The summed E-state index contributed by atoms with van der Waals surface area (Å²) in [5.41, 5.74) is 4.15. The topological polar surface area (TPSA) is 35.8 Å². The van der Waals surface area contributed by atoms with Gasteiger partial charge in [-0.05, 0) is 30.4 Å². The van der Waals surface area contributed by atoms with Crippen LogP contribution in [0.3, 0.4) is 0 Å². The molecule has 2 aliphatic heterocycles. The maximum Gasteiger partial charge on any atom is 0.159 e. The Labute approximate surface area is 122 Å². The SMILES string of the molecule is OC1C2=CCCC=C2C2=Nc3cccc4cccc(c34)N21. The fourth-order valence-electron chi connectivity index (χ4n) is 3.61. The summed E-state index contributed by atoms with van der Waals surface area (Å²) in [5.74, 6) is 0.889. The van der Waals surface area contributed by atoms with Crippen LogP contribution in [0.5, 0.6) is 0 Å². The number of benzene rings is 2. The van der Waals surface area contributed by atoms with Gasteiger partial charge in [0.15, 0.2) is 6.23 Å². The van der Waals surface area contributed by atoms with Gasteiger partial charge in [0, 0.05) is 16.5 Å². The van der Waals surface area contributed by atoms with Gasteiger partial charge in [-0.1, -0.05) is 36.4 Å². The van der Waals surface area contributed by atoms with E-state index in [1.54, 1.807) is 0 Å². The number of aliphatic imine (C=N–C) groups is 1. The molecule has 0 spiro atoms. The van der Waals surface area contributed by atoms with Crippen molar-refractivity contribution in [2.45, 2.75) is 19.1 Å². The zero-order valence-electron chi connectivity index (χ0n) is 11.5. The van der Waals surface area contributed by atoms with Crippen LogP contribution in [0.4, 0.5) is 11.4 Å². The fraction of sp³-hybridized carbons (Fsp3) is 0.167. The molecule has 1 atom stereocenters. The molecule has 1 saturated heterocycles. The van der Waals surface area contributed by atoms with Gasteiger partial charge in [-0.15, -0.1) is 0 Å². The van der Waals surface area contributed by atoms with Gasteiger partial charge in [0.05, 0.1) is 11.4 Å². The van der Waals surface area contributed by atoms with E-state index in [1.165, 1.54) is 0 Å². The Balaban J connectivity index is 1.88. The molecule has 1 fully saturated rings. The summed E-state index contributed by atoms with van der Waals surface area (Å²) < 4.78 is 0. The van der Waals surface area contributed by atoms with Crippen LogP contribution in [-0.2, 0) is 0 Å². The molecule has 2 aromatic rings. The van der Waals surface area contributed by atoms with E-state index < -0.39 is 6.23 Å². The second-order valence-electron chi connectivity index (χ2n) is 5.69. The molecule has 1 aliphatic carbocycles. The molecule has 5 rings (SSSR count). The second kappa shape index (κ2) is 3.83. The average molecular weight is 274 g/mol. The molecule has 1 unspecified atom stereocenters. The van der Waals surface area contributed by atoms with Gasteiger partial charge in [0.2, 0.25) is 0 Å². The highest BCUT2D eigenvalue weighted by Crippen LogP contribution is 2.46. The zero-order valence-corrected chi connectivity index (χ0v) is 11.5. The quantitative estimate of drug-likeness (QED) is 0.795. The summed E-state index contributed by atoms with van der Waals surface area (Å²) in [6.45, 7) is 0. The van der Waals surface area contributed by atoms with Gasteiger partial charge in [-0.25, -0.2) is 4.99 Å². The van der Waals surface area contributed by atoms with Crippen molar-refractivity contribution in [3.8, 4) is 0 Å². The van der Waals surface area contributed by atoms with Crippen molar-refractivity contribution in [1.82, 2.24) is 0 Å². The molecule has 0 aromatic heterocycles. The number of nitrogens with zero attached hydrogens (tertiary/aromatic N) is 2. The minimum Gasteiger partial charge on any atom is -0.369 e. The molecule has 1 N–H and O–H groups in total. The highest BCUT2D eigenvalue weighted by atomic mass is 16.3. The first-order valence-electron chi connectivity index (χ1n) is 7.33. The zero-order chi connectivity index (χ0) is 14.0. The van der Waals surface area contributed by atoms with Crippen LogP contribution in [0.2, 0.25) is 0 Å². The third kappa shape index (κ3) is 1.34. The van der Waals surface area contributed by atoms with Crippen molar-refractivity contribution in [2.24, 2.45) is 4.99 Å². The van der Waals surface area contributed by atoms with Crippen molar-refractivity contribution in [3.63, 3.8) is 0 Å². The van der Waals surface area contributed by atoms with Crippen LogP contribution >= 0.6 is 0 Å². The summed E-state index contributed by atoms with van der Waals surface area (Å²) in [6.07, 6.45) is 5.74. The molecule has 21 heavy (non-hydrogen) atoms. The predicted molar refractivity (Wildman–Crippen MR) is 84.9 cm³/mol. The maximum absolute atomic E-state index is 10.7. The number of aliphatic hydroxyl groups is 1. The van der Waals surface area contributed by atoms with Crippen LogP contribution in [0.1, 0.15) is 12.8 Å². The Morgan fingerprint density at radius 1 is 1.05 bits per heavy atom. The van der Waals surface area contributed by atoms with Crippen molar-refractivity contribution >= 4 is 28.0 Å². The Kier molecular flexibility index (Phi) is 2.06. The molecule has 0 bridgehead atoms. The third-order valence-electron chi connectivity index (χ3n) is 4.53. The molecule has 0 amide bonds. The third-order valence-corrected chi connectivity index (χ3v) is 4.53. The summed E-state index contributed by atoms with van der Waals surface area (Å²) in [5, 5.41) is 13.0.